The van der Waals surface area contributed by atoms with E-state index >= 15 is 0 Å². The monoisotopic (exact) mass is 458 g/mol. The van der Waals surface area contributed by atoms with Gasteiger partial charge in [0.15, 0.2) is 5.82 Å². The Hall–Kier alpha value is -2.90. The van der Waals surface area contributed by atoms with Gasteiger partial charge in [0.25, 0.3) is 0 Å². The van der Waals surface area contributed by atoms with Crippen molar-refractivity contribution in [1.82, 2.24) is 24.9 Å². The number of aromatic nitrogens is 4. The molecule has 5 rings (SSSR count). The van der Waals surface area contributed by atoms with E-state index in [1.165, 1.54) is 10.5 Å². The van der Waals surface area contributed by atoms with Gasteiger partial charge in [0.1, 0.15) is 5.69 Å². The third kappa shape index (κ3) is 4.35. The Morgan fingerprint density at radius 2 is 1.70 bits per heavy atom. The Bertz CT molecular complexity index is 1240. The van der Waals surface area contributed by atoms with E-state index in [4.69, 9.17) is 5.10 Å². The van der Waals surface area contributed by atoms with Crippen molar-refractivity contribution in [3.05, 3.63) is 66.4 Å². The van der Waals surface area contributed by atoms with Crippen molar-refractivity contribution in [1.29, 1.82) is 0 Å². The van der Waals surface area contributed by atoms with Crippen molar-refractivity contribution in [3.63, 3.8) is 0 Å². The summed E-state index contributed by atoms with van der Waals surface area (Å²) in [6.07, 6.45) is 6.20. The zero-order valence-electron chi connectivity index (χ0n) is 19.5. The highest BCUT2D eigenvalue weighted by atomic mass is 32.2. The van der Waals surface area contributed by atoms with Crippen LogP contribution in [0.15, 0.2) is 65.7 Å². The quantitative estimate of drug-likeness (QED) is 0.385. The van der Waals surface area contributed by atoms with Gasteiger partial charge in [-0.05, 0) is 43.8 Å². The first kappa shape index (κ1) is 21.9. The van der Waals surface area contributed by atoms with Crippen LogP contribution in [-0.4, -0.2) is 57.3 Å². The van der Waals surface area contributed by atoms with Gasteiger partial charge < -0.3 is 4.90 Å². The molecule has 0 N–H and O–H groups in total. The second-order valence-electron chi connectivity index (χ2n) is 8.70. The van der Waals surface area contributed by atoms with Crippen LogP contribution < -0.4 is 4.90 Å². The van der Waals surface area contributed by atoms with Crippen molar-refractivity contribution in [2.45, 2.75) is 30.3 Å². The van der Waals surface area contributed by atoms with Gasteiger partial charge in [0.2, 0.25) is 0 Å². The standard InChI is InChI=1S/C26H30N6S/c1-30(18-19-8-4-7-11-24(19)33-3)20-13-16-32(17-14-20)26-22-10-6-5-9-21(22)25(28-29-26)23-12-15-27-31(23)2/h4-12,15,20H,13-14,16-18H2,1-3H3. The van der Waals surface area contributed by atoms with E-state index in [-0.39, 0.29) is 0 Å². The molecule has 6 nitrogen and oxygen atoms in total. The minimum atomic E-state index is 0.573. The third-order valence-corrected chi connectivity index (χ3v) is 7.57. The van der Waals surface area contributed by atoms with E-state index in [1.54, 1.807) is 6.20 Å². The average molecular weight is 459 g/mol. The fourth-order valence-corrected chi connectivity index (χ4v) is 5.48. The maximum absolute atomic E-state index is 4.71. The molecule has 0 bridgehead atoms. The van der Waals surface area contributed by atoms with E-state index < -0.39 is 0 Å². The number of thioether (sulfide) groups is 1. The summed E-state index contributed by atoms with van der Waals surface area (Å²) in [6.45, 7) is 2.97. The molecule has 1 aliphatic heterocycles. The summed E-state index contributed by atoms with van der Waals surface area (Å²) in [6, 6.07) is 19.8. The molecular weight excluding hydrogens is 428 g/mol. The zero-order valence-corrected chi connectivity index (χ0v) is 20.3. The van der Waals surface area contributed by atoms with Crippen molar-refractivity contribution in [3.8, 4) is 11.4 Å². The minimum Gasteiger partial charge on any atom is -0.354 e. The maximum atomic E-state index is 4.71. The summed E-state index contributed by atoms with van der Waals surface area (Å²) >= 11 is 1.83. The van der Waals surface area contributed by atoms with Gasteiger partial charge in [-0.3, -0.25) is 9.58 Å². The number of piperidine rings is 1. The van der Waals surface area contributed by atoms with Crippen LogP contribution in [-0.2, 0) is 13.6 Å². The fourth-order valence-electron chi connectivity index (χ4n) is 4.87. The molecule has 0 saturated carbocycles. The summed E-state index contributed by atoms with van der Waals surface area (Å²) in [5, 5.41) is 15.9. The van der Waals surface area contributed by atoms with Crippen LogP contribution in [0.4, 0.5) is 5.82 Å². The smallest absolute Gasteiger partial charge is 0.159 e. The highest BCUT2D eigenvalue weighted by molar-refractivity contribution is 7.98. The molecular formula is C26H30N6S. The Labute approximate surface area is 199 Å². The van der Waals surface area contributed by atoms with E-state index in [2.05, 4.69) is 81.8 Å². The molecule has 1 aliphatic rings. The molecule has 33 heavy (non-hydrogen) atoms. The van der Waals surface area contributed by atoms with E-state index in [0.717, 1.165) is 60.5 Å². The Morgan fingerprint density at radius 3 is 2.42 bits per heavy atom. The average Bonchev–Trinajstić information content (AvgIpc) is 3.29. The van der Waals surface area contributed by atoms with E-state index in [9.17, 15) is 0 Å². The lowest BCUT2D eigenvalue weighted by Gasteiger charge is -2.37. The van der Waals surface area contributed by atoms with Crippen molar-refractivity contribution in [2.75, 3.05) is 31.3 Å². The van der Waals surface area contributed by atoms with Gasteiger partial charge in [-0.1, -0.05) is 42.5 Å². The van der Waals surface area contributed by atoms with Gasteiger partial charge in [0.05, 0.1) is 5.69 Å². The number of hydrogen-bond acceptors (Lipinski definition) is 6. The van der Waals surface area contributed by atoms with Crippen molar-refractivity contribution < 1.29 is 0 Å². The summed E-state index contributed by atoms with van der Waals surface area (Å²) in [7, 11) is 4.20. The summed E-state index contributed by atoms with van der Waals surface area (Å²) in [5.41, 5.74) is 3.28. The molecule has 1 saturated heterocycles. The fraction of sp³-hybridized carbons (Fsp3) is 0.346. The highest BCUT2D eigenvalue weighted by Gasteiger charge is 2.25. The van der Waals surface area contributed by atoms with E-state index in [1.807, 2.05) is 29.6 Å². The third-order valence-electron chi connectivity index (χ3n) is 6.73. The summed E-state index contributed by atoms with van der Waals surface area (Å²) in [5.74, 6) is 0.991. The molecule has 0 unspecified atom stereocenters. The molecule has 1 fully saturated rings. The van der Waals surface area contributed by atoms with Crippen LogP contribution >= 0.6 is 11.8 Å². The predicted molar refractivity (Wildman–Crippen MR) is 137 cm³/mol. The molecule has 7 heteroatoms. The normalized spacial score (nSPS) is 15.0. The topological polar surface area (TPSA) is 50.1 Å². The molecule has 4 aromatic rings. The van der Waals surface area contributed by atoms with Gasteiger partial charge >= 0.3 is 0 Å². The highest BCUT2D eigenvalue weighted by Crippen LogP contribution is 2.33. The lowest BCUT2D eigenvalue weighted by molar-refractivity contribution is 0.199. The minimum absolute atomic E-state index is 0.573. The van der Waals surface area contributed by atoms with E-state index in [0.29, 0.717) is 6.04 Å². The first-order valence-corrected chi connectivity index (χ1v) is 12.7. The second-order valence-corrected chi connectivity index (χ2v) is 9.55. The number of anilines is 1. The number of benzene rings is 2. The van der Waals surface area contributed by atoms with Crippen molar-refractivity contribution in [2.24, 2.45) is 7.05 Å². The molecule has 0 radical (unpaired) electrons. The molecule has 170 valence electrons. The predicted octanol–water partition coefficient (Wildman–Crippen LogP) is 4.85. The Kier molecular flexibility index (Phi) is 6.33. The summed E-state index contributed by atoms with van der Waals surface area (Å²) in [4.78, 5) is 6.29. The number of nitrogens with zero attached hydrogens (tertiary/aromatic N) is 6. The lowest BCUT2D eigenvalue weighted by Crippen LogP contribution is -2.43. The number of aryl methyl sites for hydroxylation is 1. The van der Waals surface area contributed by atoms with Crippen molar-refractivity contribution >= 4 is 28.4 Å². The molecule has 0 spiro atoms. The number of rotatable bonds is 6. The molecule has 0 amide bonds. The van der Waals surface area contributed by atoms with Crippen LogP contribution in [0.5, 0.6) is 0 Å². The molecule has 3 heterocycles. The van der Waals surface area contributed by atoms with Gasteiger partial charge in [-0.15, -0.1) is 22.0 Å². The molecule has 0 atom stereocenters. The second kappa shape index (κ2) is 9.53. The Balaban J connectivity index is 1.33. The van der Waals surface area contributed by atoms with Crippen LogP contribution in [0, 0.1) is 0 Å². The Morgan fingerprint density at radius 1 is 0.970 bits per heavy atom. The first-order chi connectivity index (χ1) is 16.2. The van der Waals surface area contributed by atoms with Crippen LogP contribution in [0.1, 0.15) is 18.4 Å². The molecule has 0 aliphatic carbocycles. The van der Waals surface area contributed by atoms with Crippen LogP contribution in [0.25, 0.3) is 22.2 Å². The SMILES string of the molecule is CSc1ccccc1CN(C)C1CCN(c2nnc(-c3ccnn3C)c3ccccc23)CC1. The molecule has 2 aromatic heterocycles. The van der Waals surface area contributed by atoms with Crippen LogP contribution in [0.2, 0.25) is 0 Å². The number of fused-ring (bicyclic) bond motifs is 1. The lowest BCUT2D eigenvalue weighted by atomic mass is 10.0. The van der Waals surface area contributed by atoms with Gasteiger partial charge in [-0.2, -0.15) is 5.10 Å². The molecule has 2 aromatic carbocycles. The van der Waals surface area contributed by atoms with Crippen LogP contribution in [0.3, 0.4) is 0 Å². The maximum Gasteiger partial charge on any atom is 0.159 e. The zero-order chi connectivity index (χ0) is 22.8. The van der Waals surface area contributed by atoms with Gasteiger partial charge in [0, 0.05) is 54.6 Å². The first-order valence-electron chi connectivity index (χ1n) is 11.5. The summed E-state index contributed by atoms with van der Waals surface area (Å²) < 4.78 is 1.85. The van der Waals surface area contributed by atoms with Gasteiger partial charge in [-0.25, -0.2) is 0 Å². The number of hydrogen-bond donors (Lipinski definition) is 0. The largest absolute Gasteiger partial charge is 0.354 e.